The first-order valence-corrected chi connectivity index (χ1v) is 11.1. The number of unbranched alkanes of at least 4 members (excludes halogenated alkanes) is 1. The third-order valence-electron chi connectivity index (χ3n) is 6.11. The zero-order valence-electron chi connectivity index (χ0n) is 17.7. The number of amides is 1. The lowest BCUT2D eigenvalue weighted by atomic mass is 9.92. The Bertz CT molecular complexity index is 835. The van der Waals surface area contributed by atoms with Crippen LogP contribution in [0.25, 0.3) is 5.65 Å². The lowest BCUT2D eigenvalue weighted by Crippen LogP contribution is -2.39. The second kappa shape index (κ2) is 9.26. The molecular formula is C23H33N3O3. The lowest BCUT2D eigenvalue weighted by molar-refractivity contribution is 0.0209. The SMILES string of the molecule is CCCCOC1CCC(NC(=O)c2ccn3c(COC)cc(C4CC4)nc23)CC1. The Hall–Kier alpha value is -1.92. The van der Waals surface area contributed by atoms with Crippen molar-refractivity contribution in [2.45, 2.75) is 83.0 Å². The molecule has 0 spiro atoms. The van der Waals surface area contributed by atoms with Gasteiger partial charge in [-0.2, -0.15) is 0 Å². The van der Waals surface area contributed by atoms with Crippen LogP contribution in [0.4, 0.5) is 0 Å². The van der Waals surface area contributed by atoms with Gasteiger partial charge in [0.15, 0.2) is 0 Å². The second-order valence-corrected chi connectivity index (χ2v) is 8.47. The molecule has 6 heteroatoms. The van der Waals surface area contributed by atoms with Crippen molar-refractivity contribution in [1.29, 1.82) is 0 Å². The van der Waals surface area contributed by atoms with Gasteiger partial charge in [0.25, 0.3) is 5.91 Å². The lowest BCUT2D eigenvalue weighted by Gasteiger charge is -2.29. The Labute approximate surface area is 173 Å². The fourth-order valence-electron chi connectivity index (χ4n) is 4.22. The Morgan fingerprint density at radius 2 is 2.03 bits per heavy atom. The summed E-state index contributed by atoms with van der Waals surface area (Å²) in [7, 11) is 1.70. The first-order chi connectivity index (χ1) is 14.2. The normalized spacial score (nSPS) is 22.1. The van der Waals surface area contributed by atoms with Gasteiger partial charge in [-0.3, -0.25) is 4.79 Å². The predicted molar refractivity (Wildman–Crippen MR) is 112 cm³/mol. The quantitative estimate of drug-likeness (QED) is 0.642. The number of hydrogen-bond acceptors (Lipinski definition) is 4. The van der Waals surface area contributed by atoms with Crippen LogP contribution >= 0.6 is 0 Å². The minimum absolute atomic E-state index is 0.0216. The standard InChI is InChI=1S/C23H33N3O3/c1-3-4-13-29-19-9-7-17(8-10-19)24-23(27)20-11-12-26-18(15-28-2)14-21(16-5-6-16)25-22(20)26/h11-12,14,16-17,19H,3-10,13,15H2,1-2H3,(H,24,27). The molecule has 0 atom stereocenters. The average Bonchev–Trinajstić information content (AvgIpc) is 3.49. The number of nitrogens with zero attached hydrogens (tertiary/aromatic N) is 2. The zero-order chi connectivity index (χ0) is 20.2. The molecule has 29 heavy (non-hydrogen) atoms. The van der Waals surface area contributed by atoms with E-state index in [-0.39, 0.29) is 11.9 Å². The second-order valence-electron chi connectivity index (χ2n) is 8.47. The molecule has 4 rings (SSSR count). The molecule has 2 fully saturated rings. The number of nitrogens with one attached hydrogen (secondary N) is 1. The summed E-state index contributed by atoms with van der Waals surface area (Å²) in [5, 5.41) is 3.24. The smallest absolute Gasteiger partial charge is 0.255 e. The molecule has 6 nitrogen and oxygen atoms in total. The fraction of sp³-hybridized carbons (Fsp3) is 0.652. The van der Waals surface area contributed by atoms with E-state index < -0.39 is 0 Å². The topological polar surface area (TPSA) is 64.9 Å². The molecule has 0 aromatic carbocycles. The predicted octanol–water partition coefficient (Wildman–Crippen LogP) is 4.22. The third-order valence-corrected chi connectivity index (χ3v) is 6.11. The van der Waals surface area contributed by atoms with E-state index in [1.165, 1.54) is 19.3 Å². The Balaban J connectivity index is 1.42. The summed E-state index contributed by atoms with van der Waals surface area (Å²) in [6.45, 7) is 3.55. The molecule has 2 heterocycles. The van der Waals surface area contributed by atoms with Crippen molar-refractivity contribution in [1.82, 2.24) is 14.7 Å². The molecule has 158 valence electrons. The van der Waals surface area contributed by atoms with Crippen LogP contribution in [-0.4, -0.2) is 41.2 Å². The van der Waals surface area contributed by atoms with Gasteiger partial charge in [0.1, 0.15) is 5.65 Å². The van der Waals surface area contributed by atoms with Crippen LogP contribution in [0.1, 0.15) is 86.0 Å². The van der Waals surface area contributed by atoms with Crippen LogP contribution in [0, 0.1) is 0 Å². The molecule has 1 amide bonds. The fourth-order valence-corrected chi connectivity index (χ4v) is 4.22. The van der Waals surface area contributed by atoms with E-state index in [1.54, 1.807) is 7.11 Å². The molecule has 0 unspecified atom stereocenters. The number of ether oxygens (including phenoxy) is 2. The van der Waals surface area contributed by atoms with Crippen LogP contribution < -0.4 is 5.32 Å². The number of methoxy groups -OCH3 is 1. The summed E-state index contributed by atoms with van der Waals surface area (Å²) in [5.74, 6) is 0.510. The Morgan fingerprint density at radius 3 is 2.72 bits per heavy atom. The summed E-state index contributed by atoms with van der Waals surface area (Å²) < 4.78 is 13.3. The number of carbonyl (C=O) groups is 1. The van der Waals surface area contributed by atoms with Gasteiger partial charge in [-0.15, -0.1) is 0 Å². The van der Waals surface area contributed by atoms with Gasteiger partial charge < -0.3 is 19.2 Å². The van der Waals surface area contributed by atoms with Crippen molar-refractivity contribution in [3.63, 3.8) is 0 Å². The molecule has 2 saturated carbocycles. The first kappa shape index (κ1) is 20.4. The van der Waals surface area contributed by atoms with Gasteiger partial charge in [0.05, 0.1) is 24.0 Å². The van der Waals surface area contributed by atoms with Crippen LogP contribution in [0.2, 0.25) is 0 Å². The number of hydrogen-bond donors (Lipinski definition) is 1. The maximum atomic E-state index is 13.0. The number of carbonyl (C=O) groups excluding carboxylic acids is 1. The van der Waals surface area contributed by atoms with Gasteiger partial charge in [0, 0.05) is 37.6 Å². The van der Waals surface area contributed by atoms with Crippen LogP contribution in [-0.2, 0) is 16.1 Å². The van der Waals surface area contributed by atoms with Crippen LogP contribution in [0.15, 0.2) is 18.3 Å². The van der Waals surface area contributed by atoms with E-state index in [2.05, 4.69) is 18.3 Å². The van der Waals surface area contributed by atoms with Crippen molar-refractivity contribution in [2.24, 2.45) is 0 Å². The highest BCUT2D eigenvalue weighted by Gasteiger charge is 2.28. The van der Waals surface area contributed by atoms with Gasteiger partial charge in [-0.1, -0.05) is 13.3 Å². The van der Waals surface area contributed by atoms with E-state index in [4.69, 9.17) is 14.5 Å². The molecule has 2 aromatic heterocycles. The minimum Gasteiger partial charge on any atom is -0.378 e. The van der Waals surface area contributed by atoms with Crippen molar-refractivity contribution in [2.75, 3.05) is 13.7 Å². The molecule has 0 bridgehead atoms. The van der Waals surface area contributed by atoms with Crippen molar-refractivity contribution in [3.05, 3.63) is 35.3 Å². The van der Waals surface area contributed by atoms with Gasteiger partial charge in [-0.25, -0.2) is 4.98 Å². The summed E-state index contributed by atoms with van der Waals surface area (Å²) >= 11 is 0. The summed E-state index contributed by atoms with van der Waals surface area (Å²) in [4.78, 5) is 17.9. The van der Waals surface area contributed by atoms with Crippen molar-refractivity contribution >= 4 is 11.6 Å². The minimum atomic E-state index is -0.0216. The van der Waals surface area contributed by atoms with Gasteiger partial charge >= 0.3 is 0 Å². The van der Waals surface area contributed by atoms with E-state index in [0.29, 0.717) is 24.2 Å². The van der Waals surface area contributed by atoms with Crippen LogP contribution in [0.3, 0.4) is 0 Å². The molecular weight excluding hydrogens is 366 g/mol. The Kier molecular flexibility index (Phi) is 6.50. The van der Waals surface area contributed by atoms with Gasteiger partial charge in [0.2, 0.25) is 0 Å². The summed E-state index contributed by atoms with van der Waals surface area (Å²) in [6.07, 6.45) is 10.9. The molecule has 0 radical (unpaired) electrons. The monoisotopic (exact) mass is 399 g/mol. The average molecular weight is 400 g/mol. The van der Waals surface area contributed by atoms with Crippen LogP contribution in [0.5, 0.6) is 0 Å². The summed E-state index contributed by atoms with van der Waals surface area (Å²) in [5.41, 5.74) is 3.53. The number of fused-ring (bicyclic) bond motifs is 1. The van der Waals surface area contributed by atoms with E-state index in [9.17, 15) is 4.79 Å². The first-order valence-electron chi connectivity index (χ1n) is 11.1. The zero-order valence-corrected chi connectivity index (χ0v) is 17.7. The maximum Gasteiger partial charge on any atom is 0.255 e. The third kappa shape index (κ3) is 4.81. The van der Waals surface area contributed by atoms with E-state index in [0.717, 1.165) is 55.7 Å². The molecule has 2 aliphatic rings. The highest BCUT2D eigenvalue weighted by Crippen LogP contribution is 2.39. The van der Waals surface area contributed by atoms with Crippen molar-refractivity contribution < 1.29 is 14.3 Å². The molecule has 0 saturated heterocycles. The van der Waals surface area contributed by atoms with Crippen molar-refractivity contribution in [3.8, 4) is 0 Å². The highest BCUT2D eigenvalue weighted by atomic mass is 16.5. The molecule has 2 aliphatic carbocycles. The summed E-state index contributed by atoms with van der Waals surface area (Å²) in [6, 6.07) is 4.22. The molecule has 0 aliphatic heterocycles. The van der Waals surface area contributed by atoms with E-state index in [1.807, 2.05) is 16.7 Å². The highest BCUT2D eigenvalue weighted by molar-refractivity contribution is 6.00. The number of aromatic nitrogens is 2. The largest absolute Gasteiger partial charge is 0.378 e. The van der Waals surface area contributed by atoms with Gasteiger partial charge in [-0.05, 0) is 57.1 Å². The van der Waals surface area contributed by atoms with E-state index >= 15 is 0 Å². The molecule has 1 N–H and O–H groups in total. The maximum absolute atomic E-state index is 13.0. The number of rotatable bonds is 9. The molecule has 2 aromatic rings. The Morgan fingerprint density at radius 1 is 1.24 bits per heavy atom.